The van der Waals surface area contributed by atoms with Crippen LogP contribution in [0.2, 0.25) is 0 Å². The lowest BCUT2D eigenvalue weighted by molar-refractivity contribution is -0.157. The van der Waals surface area contributed by atoms with Gasteiger partial charge >= 0.3 is 5.97 Å². The average molecular weight is 506 g/mol. The highest BCUT2D eigenvalue weighted by atomic mass is 16.5. The number of rotatable bonds is 7. The lowest BCUT2D eigenvalue weighted by Gasteiger charge is -2.37. The van der Waals surface area contributed by atoms with Crippen molar-refractivity contribution in [2.24, 2.45) is 5.92 Å². The molecule has 0 spiro atoms. The first-order valence-corrected chi connectivity index (χ1v) is 14.0. The Balaban J connectivity index is 1.16. The summed E-state index contributed by atoms with van der Waals surface area (Å²) in [5, 5.41) is 22.2. The van der Waals surface area contributed by atoms with Crippen molar-refractivity contribution < 1.29 is 19.7 Å². The summed E-state index contributed by atoms with van der Waals surface area (Å²) < 4.78 is 7.73. The molecule has 1 aliphatic heterocycles. The van der Waals surface area contributed by atoms with Gasteiger partial charge in [-0.15, -0.1) is 0 Å². The van der Waals surface area contributed by atoms with Gasteiger partial charge in [0.2, 0.25) is 0 Å². The smallest absolute Gasteiger partial charge is 0.309 e. The summed E-state index contributed by atoms with van der Waals surface area (Å²) in [6.45, 7) is 6.53. The first-order valence-electron chi connectivity index (χ1n) is 14.0. The van der Waals surface area contributed by atoms with E-state index < -0.39 is 6.10 Å². The number of esters is 1. The van der Waals surface area contributed by atoms with Gasteiger partial charge in [-0.1, -0.05) is 49.1 Å². The second kappa shape index (κ2) is 10.1. The summed E-state index contributed by atoms with van der Waals surface area (Å²) in [6, 6.07) is 8.66. The van der Waals surface area contributed by atoms with Gasteiger partial charge in [-0.25, -0.2) is 0 Å². The molecule has 2 fully saturated rings. The Morgan fingerprint density at radius 1 is 0.919 bits per heavy atom. The summed E-state index contributed by atoms with van der Waals surface area (Å²) in [5.41, 5.74) is 4.21. The van der Waals surface area contributed by atoms with Gasteiger partial charge in [0.05, 0.1) is 12.5 Å². The molecule has 4 aliphatic rings. The normalized spacial score (nSPS) is 24.4. The maximum absolute atomic E-state index is 13.1. The SMILES string of the molecule is Cc1ccc(N2CCN(CC(Cn3c(O)c4c(c3O)C3C=CC4C3)OC(=O)C3CCCCC3)CC2)cc1. The number of anilines is 1. The molecule has 198 valence electrons. The maximum Gasteiger partial charge on any atom is 0.309 e. The van der Waals surface area contributed by atoms with Crippen LogP contribution in [0.5, 0.6) is 11.8 Å². The fourth-order valence-corrected chi connectivity index (χ4v) is 6.83. The molecule has 7 heteroatoms. The van der Waals surface area contributed by atoms with E-state index in [1.54, 1.807) is 4.57 Å². The zero-order chi connectivity index (χ0) is 25.5. The summed E-state index contributed by atoms with van der Waals surface area (Å²) in [6.07, 6.45) is 9.88. The largest absolute Gasteiger partial charge is 0.494 e. The van der Waals surface area contributed by atoms with Gasteiger partial charge < -0.3 is 19.8 Å². The summed E-state index contributed by atoms with van der Waals surface area (Å²) >= 11 is 0. The molecule has 3 aliphatic carbocycles. The Morgan fingerprint density at radius 2 is 1.54 bits per heavy atom. The highest BCUT2D eigenvalue weighted by molar-refractivity contribution is 5.72. The van der Waals surface area contributed by atoms with Gasteiger partial charge in [0, 0.05) is 61.4 Å². The fourth-order valence-electron chi connectivity index (χ4n) is 6.83. The molecule has 0 amide bonds. The maximum atomic E-state index is 13.1. The predicted octanol–water partition coefficient (Wildman–Crippen LogP) is 4.66. The fraction of sp³-hybridized carbons (Fsp3) is 0.567. The Labute approximate surface area is 219 Å². The van der Waals surface area contributed by atoms with Crippen molar-refractivity contribution >= 4 is 11.7 Å². The molecule has 2 bridgehead atoms. The number of fused-ring (bicyclic) bond motifs is 5. The Hall–Kier alpha value is -2.93. The Morgan fingerprint density at radius 3 is 2.16 bits per heavy atom. The molecule has 3 unspecified atom stereocenters. The lowest BCUT2D eigenvalue weighted by atomic mass is 9.89. The number of ether oxygens (including phenoxy) is 1. The van der Waals surface area contributed by atoms with Crippen LogP contribution in [-0.2, 0) is 16.1 Å². The summed E-state index contributed by atoms with van der Waals surface area (Å²) in [7, 11) is 0. The number of benzene rings is 1. The minimum absolute atomic E-state index is 0.0356. The number of carbonyl (C=O) groups excluding carboxylic acids is 1. The van der Waals surface area contributed by atoms with Crippen LogP contribution in [0, 0.1) is 12.8 Å². The number of allylic oxidation sites excluding steroid dienone is 2. The molecule has 1 aromatic heterocycles. The first-order chi connectivity index (χ1) is 18.0. The molecule has 1 saturated carbocycles. The minimum atomic E-state index is -0.435. The number of aryl methyl sites for hydroxylation is 1. The van der Waals surface area contributed by atoms with Gasteiger partial charge in [0.25, 0.3) is 0 Å². The molecular weight excluding hydrogens is 466 g/mol. The minimum Gasteiger partial charge on any atom is -0.494 e. The first kappa shape index (κ1) is 24.4. The van der Waals surface area contributed by atoms with Crippen molar-refractivity contribution in [3.63, 3.8) is 0 Å². The standard InChI is InChI=1S/C30H39N3O4/c1-20-7-11-24(12-8-20)32-15-13-31(14-16-32)18-25(37-30(36)21-5-3-2-4-6-21)19-33-28(34)26-22-9-10-23(17-22)27(26)29(33)35/h7-12,21-23,25,34-35H,2-6,13-19H2,1H3. The van der Waals surface area contributed by atoms with E-state index in [0.29, 0.717) is 6.54 Å². The second-order valence-corrected chi connectivity index (χ2v) is 11.4. The third-order valence-electron chi connectivity index (χ3n) is 8.95. The van der Waals surface area contributed by atoms with E-state index in [1.807, 2.05) is 0 Å². The predicted molar refractivity (Wildman–Crippen MR) is 143 cm³/mol. The topological polar surface area (TPSA) is 78.2 Å². The van der Waals surface area contributed by atoms with Crippen LogP contribution in [0.4, 0.5) is 5.69 Å². The third kappa shape index (κ3) is 4.74. The number of piperazine rings is 1. The molecule has 2 N–H and O–H groups in total. The molecule has 3 atom stereocenters. The van der Waals surface area contributed by atoms with Gasteiger partial charge in [0.1, 0.15) is 6.10 Å². The molecule has 0 radical (unpaired) electrons. The molecule has 2 aromatic rings. The zero-order valence-corrected chi connectivity index (χ0v) is 21.8. The molecule has 37 heavy (non-hydrogen) atoms. The van der Waals surface area contributed by atoms with E-state index in [9.17, 15) is 15.0 Å². The van der Waals surface area contributed by atoms with Crippen LogP contribution < -0.4 is 4.90 Å². The van der Waals surface area contributed by atoms with Crippen molar-refractivity contribution in [2.75, 3.05) is 37.6 Å². The zero-order valence-electron chi connectivity index (χ0n) is 21.8. The van der Waals surface area contributed by atoms with Crippen LogP contribution in [0.25, 0.3) is 0 Å². The Bertz CT molecular complexity index is 1120. The molecule has 1 saturated heterocycles. The van der Waals surface area contributed by atoms with E-state index in [0.717, 1.165) is 69.4 Å². The van der Waals surface area contributed by atoms with Crippen molar-refractivity contribution in [1.29, 1.82) is 0 Å². The number of aromatic hydroxyl groups is 2. The van der Waals surface area contributed by atoms with Crippen molar-refractivity contribution in [1.82, 2.24) is 9.47 Å². The van der Waals surface area contributed by atoms with Gasteiger partial charge in [0.15, 0.2) is 11.8 Å². The van der Waals surface area contributed by atoms with Crippen molar-refractivity contribution in [3.8, 4) is 11.8 Å². The van der Waals surface area contributed by atoms with E-state index in [-0.39, 0.29) is 42.0 Å². The number of hydrogen-bond donors (Lipinski definition) is 2. The number of hydrogen-bond acceptors (Lipinski definition) is 6. The molecule has 6 rings (SSSR count). The number of aromatic nitrogens is 1. The number of carbonyl (C=O) groups is 1. The third-order valence-corrected chi connectivity index (χ3v) is 8.95. The quantitative estimate of drug-likeness (QED) is 0.421. The van der Waals surface area contributed by atoms with Gasteiger partial charge in [-0.2, -0.15) is 0 Å². The van der Waals surface area contributed by atoms with Crippen LogP contribution in [0.3, 0.4) is 0 Å². The summed E-state index contributed by atoms with van der Waals surface area (Å²) in [5.74, 6) is 0.449. The van der Waals surface area contributed by atoms with Crippen LogP contribution >= 0.6 is 0 Å². The van der Waals surface area contributed by atoms with Crippen LogP contribution in [0.1, 0.15) is 67.1 Å². The average Bonchev–Trinajstić information content (AvgIpc) is 3.60. The monoisotopic (exact) mass is 505 g/mol. The van der Waals surface area contributed by atoms with E-state index >= 15 is 0 Å². The second-order valence-electron chi connectivity index (χ2n) is 11.4. The van der Waals surface area contributed by atoms with Crippen molar-refractivity contribution in [3.05, 3.63) is 53.1 Å². The molecule has 2 heterocycles. The van der Waals surface area contributed by atoms with E-state index in [4.69, 9.17) is 4.74 Å². The van der Waals surface area contributed by atoms with Crippen LogP contribution in [-0.4, -0.2) is 64.5 Å². The molecular formula is C30H39N3O4. The van der Waals surface area contributed by atoms with Crippen LogP contribution in [0.15, 0.2) is 36.4 Å². The molecule has 7 nitrogen and oxygen atoms in total. The van der Waals surface area contributed by atoms with Gasteiger partial charge in [-0.05, 0) is 38.3 Å². The van der Waals surface area contributed by atoms with Gasteiger partial charge in [-0.3, -0.25) is 14.3 Å². The van der Waals surface area contributed by atoms with E-state index in [2.05, 4.69) is 53.1 Å². The van der Waals surface area contributed by atoms with E-state index in [1.165, 1.54) is 17.7 Å². The highest BCUT2D eigenvalue weighted by Gasteiger charge is 2.41. The molecule has 1 aromatic carbocycles. The summed E-state index contributed by atoms with van der Waals surface area (Å²) in [4.78, 5) is 17.9. The lowest BCUT2D eigenvalue weighted by Crippen LogP contribution is -2.50. The Kier molecular flexibility index (Phi) is 6.65. The highest BCUT2D eigenvalue weighted by Crippen LogP contribution is 2.56. The number of nitrogens with zero attached hydrogens (tertiary/aromatic N) is 3. The van der Waals surface area contributed by atoms with Crippen molar-refractivity contribution in [2.45, 2.75) is 69.9 Å².